The van der Waals surface area contributed by atoms with Crippen LogP contribution in [0.2, 0.25) is 0 Å². The molecule has 2 saturated heterocycles. The van der Waals surface area contributed by atoms with Crippen LogP contribution in [-0.4, -0.2) is 42.1 Å². The van der Waals surface area contributed by atoms with Crippen LogP contribution in [0.3, 0.4) is 0 Å². The highest BCUT2D eigenvalue weighted by Gasteiger charge is 2.38. The topological polar surface area (TPSA) is 52.6 Å². The number of carbonyl (C=O) groups is 1. The van der Waals surface area contributed by atoms with Crippen molar-refractivity contribution >= 4 is 5.91 Å². The lowest BCUT2D eigenvalue weighted by molar-refractivity contribution is 0.0781. The Morgan fingerprint density at radius 1 is 1.33 bits per heavy atom. The van der Waals surface area contributed by atoms with Gasteiger partial charge >= 0.3 is 0 Å². The van der Waals surface area contributed by atoms with E-state index in [0.29, 0.717) is 17.4 Å². The molecule has 0 spiro atoms. The van der Waals surface area contributed by atoms with Gasteiger partial charge in [0.15, 0.2) is 0 Å². The molecule has 2 atom stereocenters. The number of phenolic OH excluding ortho intramolecular Hbond substituents is 1. The van der Waals surface area contributed by atoms with Gasteiger partial charge in [-0.2, -0.15) is 0 Å². The average molecular weight is 246 g/mol. The number of rotatable bonds is 1. The van der Waals surface area contributed by atoms with E-state index in [1.165, 1.54) is 0 Å². The van der Waals surface area contributed by atoms with Crippen molar-refractivity contribution in [2.24, 2.45) is 11.8 Å². The van der Waals surface area contributed by atoms with E-state index in [9.17, 15) is 9.90 Å². The highest BCUT2D eigenvalue weighted by Crippen LogP contribution is 2.28. The number of hydrogen-bond acceptors (Lipinski definition) is 3. The van der Waals surface area contributed by atoms with Crippen molar-refractivity contribution in [2.75, 3.05) is 26.2 Å². The van der Waals surface area contributed by atoms with Gasteiger partial charge in [0.05, 0.1) is 0 Å². The van der Waals surface area contributed by atoms with E-state index >= 15 is 0 Å². The smallest absolute Gasteiger partial charge is 0.254 e. The number of carbonyl (C=O) groups excluding carboxylic acids is 1. The molecule has 2 heterocycles. The maximum Gasteiger partial charge on any atom is 0.254 e. The molecular weight excluding hydrogens is 228 g/mol. The van der Waals surface area contributed by atoms with Crippen LogP contribution in [0.15, 0.2) is 18.2 Å². The van der Waals surface area contributed by atoms with Gasteiger partial charge in [0.25, 0.3) is 5.91 Å². The molecule has 1 amide bonds. The summed E-state index contributed by atoms with van der Waals surface area (Å²) in [7, 11) is 0. The van der Waals surface area contributed by atoms with Crippen molar-refractivity contribution in [3.63, 3.8) is 0 Å². The van der Waals surface area contributed by atoms with Gasteiger partial charge in [-0.1, -0.05) is 6.07 Å². The molecule has 0 radical (unpaired) electrons. The summed E-state index contributed by atoms with van der Waals surface area (Å²) in [5, 5.41) is 13.0. The summed E-state index contributed by atoms with van der Waals surface area (Å²) >= 11 is 0. The second-order valence-electron chi connectivity index (χ2n) is 5.39. The second-order valence-corrected chi connectivity index (χ2v) is 5.39. The highest BCUT2D eigenvalue weighted by molar-refractivity contribution is 5.95. The van der Waals surface area contributed by atoms with Crippen molar-refractivity contribution in [2.45, 2.75) is 6.92 Å². The Balaban J connectivity index is 1.77. The van der Waals surface area contributed by atoms with Crippen LogP contribution < -0.4 is 5.32 Å². The largest absolute Gasteiger partial charge is 0.508 e. The zero-order chi connectivity index (χ0) is 12.7. The first-order valence-electron chi connectivity index (χ1n) is 6.45. The lowest BCUT2D eigenvalue weighted by Crippen LogP contribution is -2.31. The first-order valence-corrected chi connectivity index (χ1v) is 6.45. The molecule has 3 rings (SSSR count). The summed E-state index contributed by atoms with van der Waals surface area (Å²) in [5.41, 5.74) is 1.39. The maximum atomic E-state index is 12.3. The van der Waals surface area contributed by atoms with Gasteiger partial charge in [0.1, 0.15) is 5.75 Å². The third kappa shape index (κ3) is 1.86. The van der Waals surface area contributed by atoms with Crippen LogP contribution in [0.25, 0.3) is 0 Å². The number of nitrogens with one attached hydrogen (secondary N) is 1. The number of benzene rings is 1. The van der Waals surface area contributed by atoms with E-state index in [4.69, 9.17) is 0 Å². The third-order valence-electron chi connectivity index (χ3n) is 4.13. The van der Waals surface area contributed by atoms with Gasteiger partial charge in [0, 0.05) is 31.7 Å². The van der Waals surface area contributed by atoms with Gasteiger partial charge in [0.2, 0.25) is 0 Å². The molecule has 4 heteroatoms. The van der Waals surface area contributed by atoms with Crippen molar-refractivity contribution in [1.82, 2.24) is 10.2 Å². The summed E-state index contributed by atoms with van der Waals surface area (Å²) in [5.74, 6) is 1.45. The molecule has 4 nitrogen and oxygen atoms in total. The van der Waals surface area contributed by atoms with E-state index in [1.807, 2.05) is 11.8 Å². The van der Waals surface area contributed by atoms with E-state index < -0.39 is 0 Å². The van der Waals surface area contributed by atoms with Gasteiger partial charge in [-0.3, -0.25) is 4.79 Å². The molecule has 2 aliphatic heterocycles. The van der Waals surface area contributed by atoms with Gasteiger partial charge < -0.3 is 15.3 Å². The number of aromatic hydroxyl groups is 1. The van der Waals surface area contributed by atoms with Crippen molar-refractivity contribution in [1.29, 1.82) is 0 Å². The van der Waals surface area contributed by atoms with Crippen LogP contribution in [0.1, 0.15) is 15.9 Å². The molecule has 1 aromatic carbocycles. The minimum atomic E-state index is 0.0414. The minimum Gasteiger partial charge on any atom is -0.508 e. The first-order chi connectivity index (χ1) is 8.65. The normalized spacial score (nSPS) is 26.4. The number of likely N-dealkylation sites (tertiary alicyclic amines) is 1. The van der Waals surface area contributed by atoms with Crippen molar-refractivity contribution in [3.05, 3.63) is 29.3 Å². The molecule has 0 saturated carbocycles. The zero-order valence-corrected chi connectivity index (χ0v) is 10.5. The summed E-state index contributed by atoms with van der Waals surface area (Å²) in [6, 6.07) is 5.16. The van der Waals surface area contributed by atoms with Gasteiger partial charge in [-0.15, -0.1) is 0 Å². The van der Waals surface area contributed by atoms with E-state index in [1.54, 1.807) is 18.2 Å². The Labute approximate surface area is 107 Å². The van der Waals surface area contributed by atoms with Crippen molar-refractivity contribution in [3.8, 4) is 5.75 Å². The van der Waals surface area contributed by atoms with E-state index in [0.717, 1.165) is 31.7 Å². The molecule has 2 fully saturated rings. The monoisotopic (exact) mass is 246 g/mol. The molecule has 2 aliphatic rings. The summed E-state index contributed by atoms with van der Waals surface area (Å²) < 4.78 is 0. The molecule has 96 valence electrons. The molecule has 1 aromatic rings. The fraction of sp³-hybridized carbons (Fsp3) is 0.500. The van der Waals surface area contributed by atoms with Crippen LogP contribution in [0.5, 0.6) is 5.75 Å². The highest BCUT2D eigenvalue weighted by atomic mass is 16.3. The number of fused-ring (bicyclic) bond motifs is 1. The quantitative estimate of drug-likeness (QED) is 0.777. The third-order valence-corrected chi connectivity index (χ3v) is 4.13. The molecule has 0 bridgehead atoms. The summed E-state index contributed by atoms with van der Waals surface area (Å²) in [6.45, 7) is 5.55. The predicted octanol–water partition coefficient (Wildman–Crippen LogP) is 0.992. The Hall–Kier alpha value is -1.55. The Morgan fingerprint density at radius 2 is 2.00 bits per heavy atom. The standard InChI is InChI=1S/C14H18N2O2/c1-9-2-3-10(4-13(9)17)14(18)16-7-11-5-15-6-12(11)8-16/h2-4,11-12,15,17H,5-8H2,1H3. The SMILES string of the molecule is Cc1ccc(C(=O)N2CC3CNCC3C2)cc1O. The maximum absolute atomic E-state index is 12.3. The fourth-order valence-corrected chi connectivity index (χ4v) is 2.95. The molecule has 2 N–H and O–H groups in total. The van der Waals surface area contributed by atoms with Crippen LogP contribution in [-0.2, 0) is 0 Å². The molecule has 0 aliphatic carbocycles. The summed E-state index contributed by atoms with van der Waals surface area (Å²) in [6.07, 6.45) is 0. The van der Waals surface area contributed by atoms with Gasteiger partial charge in [-0.05, 0) is 36.5 Å². The Kier molecular flexibility index (Phi) is 2.74. The Bertz CT molecular complexity index is 475. The Morgan fingerprint density at radius 3 is 2.61 bits per heavy atom. The number of phenols is 1. The van der Waals surface area contributed by atoms with Crippen molar-refractivity contribution < 1.29 is 9.90 Å². The zero-order valence-electron chi connectivity index (χ0n) is 10.5. The first kappa shape index (κ1) is 11.5. The minimum absolute atomic E-state index is 0.0414. The average Bonchev–Trinajstić information content (AvgIpc) is 2.92. The predicted molar refractivity (Wildman–Crippen MR) is 68.6 cm³/mol. The van der Waals surface area contributed by atoms with E-state index in [2.05, 4.69) is 5.32 Å². The molecule has 2 unspecified atom stereocenters. The molecule has 0 aromatic heterocycles. The molecular formula is C14H18N2O2. The van der Waals surface area contributed by atoms with Crippen LogP contribution in [0, 0.1) is 18.8 Å². The van der Waals surface area contributed by atoms with E-state index in [-0.39, 0.29) is 11.7 Å². The lowest BCUT2D eigenvalue weighted by atomic mass is 10.0. The number of aryl methyl sites for hydroxylation is 1. The summed E-state index contributed by atoms with van der Waals surface area (Å²) in [4.78, 5) is 14.3. The number of hydrogen-bond donors (Lipinski definition) is 2. The van der Waals surface area contributed by atoms with Crippen LogP contribution >= 0.6 is 0 Å². The van der Waals surface area contributed by atoms with Crippen LogP contribution in [0.4, 0.5) is 0 Å². The molecule has 18 heavy (non-hydrogen) atoms. The number of amides is 1. The number of nitrogens with zero attached hydrogens (tertiary/aromatic N) is 1. The van der Waals surface area contributed by atoms with Gasteiger partial charge in [-0.25, -0.2) is 0 Å². The second kappa shape index (κ2) is 4.28. The fourth-order valence-electron chi connectivity index (χ4n) is 2.95. The lowest BCUT2D eigenvalue weighted by Gasteiger charge is -2.17.